The van der Waals surface area contributed by atoms with E-state index in [2.05, 4.69) is 0 Å². The van der Waals surface area contributed by atoms with Crippen molar-refractivity contribution in [1.29, 1.82) is 0 Å². The third-order valence-corrected chi connectivity index (χ3v) is 3.72. The molecule has 0 radical (unpaired) electrons. The molecule has 3 heteroatoms. The van der Waals surface area contributed by atoms with Crippen LogP contribution in [0.25, 0.3) is 0 Å². The van der Waals surface area contributed by atoms with Gasteiger partial charge in [0.1, 0.15) is 5.78 Å². The van der Waals surface area contributed by atoms with Gasteiger partial charge in [0.2, 0.25) is 5.91 Å². The highest BCUT2D eigenvalue weighted by atomic mass is 16.2. The maximum Gasteiger partial charge on any atom is 0.225 e. The van der Waals surface area contributed by atoms with Crippen LogP contribution in [0.3, 0.4) is 0 Å². The summed E-state index contributed by atoms with van der Waals surface area (Å²) in [5, 5.41) is 0. The minimum atomic E-state index is -0.336. The number of carbonyl (C=O) groups excluding carboxylic acids is 2. The number of Topliss-reactive ketones (excluding diaryl/α,β-unsaturated/α-hetero) is 1. The van der Waals surface area contributed by atoms with Crippen LogP contribution in [0, 0.1) is 11.3 Å². The highest BCUT2D eigenvalue weighted by Gasteiger charge is 2.38. The molecule has 1 aliphatic heterocycles. The number of ketones is 1. The standard InChI is InChI=1S/C12H19NO2/c1-12(2)8-13(7-6-10(12)14)11(15)9-4-3-5-9/h9H,3-8H2,1-2H3. The molecule has 0 bridgehead atoms. The van der Waals surface area contributed by atoms with Crippen molar-refractivity contribution in [1.82, 2.24) is 4.90 Å². The molecule has 1 saturated heterocycles. The molecule has 0 spiro atoms. The van der Waals surface area contributed by atoms with Crippen LogP contribution in [-0.2, 0) is 9.59 Å². The van der Waals surface area contributed by atoms with E-state index in [0.29, 0.717) is 25.3 Å². The van der Waals surface area contributed by atoms with Gasteiger partial charge >= 0.3 is 0 Å². The second kappa shape index (κ2) is 3.62. The zero-order valence-corrected chi connectivity index (χ0v) is 9.58. The van der Waals surface area contributed by atoms with Crippen LogP contribution >= 0.6 is 0 Å². The molecule has 0 aromatic carbocycles. The van der Waals surface area contributed by atoms with Gasteiger partial charge in [-0.25, -0.2) is 0 Å². The van der Waals surface area contributed by atoms with Crippen LogP contribution in [0.4, 0.5) is 0 Å². The normalized spacial score (nSPS) is 26.3. The Labute approximate surface area is 90.8 Å². The third kappa shape index (κ3) is 1.92. The minimum absolute atomic E-state index is 0.258. The number of rotatable bonds is 1. The van der Waals surface area contributed by atoms with Crippen molar-refractivity contribution in [2.45, 2.75) is 39.5 Å². The molecule has 1 saturated carbocycles. The second-order valence-corrected chi connectivity index (χ2v) is 5.44. The van der Waals surface area contributed by atoms with Gasteiger partial charge in [0.25, 0.3) is 0 Å². The van der Waals surface area contributed by atoms with E-state index in [4.69, 9.17) is 0 Å². The molecular formula is C12H19NO2. The third-order valence-electron chi connectivity index (χ3n) is 3.72. The predicted molar refractivity (Wildman–Crippen MR) is 57.3 cm³/mol. The quantitative estimate of drug-likeness (QED) is 0.658. The minimum Gasteiger partial charge on any atom is -0.341 e. The first-order chi connectivity index (χ1) is 7.00. The van der Waals surface area contributed by atoms with Crippen molar-refractivity contribution in [3.05, 3.63) is 0 Å². The van der Waals surface area contributed by atoms with Crippen molar-refractivity contribution < 1.29 is 9.59 Å². The van der Waals surface area contributed by atoms with E-state index < -0.39 is 0 Å². The smallest absolute Gasteiger partial charge is 0.225 e. The summed E-state index contributed by atoms with van der Waals surface area (Å²) in [4.78, 5) is 25.5. The number of nitrogens with zero attached hydrogens (tertiary/aromatic N) is 1. The summed E-state index contributed by atoms with van der Waals surface area (Å²) >= 11 is 0. The molecule has 15 heavy (non-hydrogen) atoms. The van der Waals surface area contributed by atoms with Crippen LogP contribution in [0.5, 0.6) is 0 Å². The van der Waals surface area contributed by atoms with E-state index in [-0.39, 0.29) is 17.2 Å². The molecule has 1 heterocycles. The Kier molecular flexibility index (Phi) is 2.57. The Bertz CT molecular complexity index is 292. The van der Waals surface area contributed by atoms with Crippen molar-refractivity contribution in [2.75, 3.05) is 13.1 Å². The van der Waals surface area contributed by atoms with Gasteiger partial charge in [-0.05, 0) is 12.8 Å². The Morgan fingerprint density at radius 1 is 1.40 bits per heavy atom. The molecular weight excluding hydrogens is 190 g/mol. The fraction of sp³-hybridized carbons (Fsp3) is 0.833. The van der Waals surface area contributed by atoms with Gasteiger partial charge in [-0.1, -0.05) is 20.3 Å². The fourth-order valence-corrected chi connectivity index (χ4v) is 2.32. The van der Waals surface area contributed by atoms with Crippen LogP contribution in [0.2, 0.25) is 0 Å². The molecule has 84 valence electrons. The number of piperidine rings is 1. The summed E-state index contributed by atoms with van der Waals surface area (Å²) < 4.78 is 0. The maximum atomic E-state index is 12.0. The molecule has 2 aliphatic rings. The van der Waals surface area contributed by atoms with Crippen molar-refractivity contribution >= 4 is 11.7 Å². The van der Waals surface area contributed by atoms with Crippen LogP contribution in [-0.4, -0.2) is 29.7 Å². The molecule has 2 rings (SSSR count). The fourth-order valence-electron chi connectivity index (χ4n) is 2.32. The highest BCUT2D eigenvalue weighted by Crippen LogP contribution is 2.32. The first-order valence-corrected chi connectivity index (χ1v) is 5.83. The molecule has 0 aromatic heterocycles. The maximum absolute atomic E-state index is 12.0. The molecule has 1 amide bonds. The Morgan fingerprint density at radius 3 is 2.53 bits per heavy atom. The Morgan fingerprint density at radius 2 is 2.07 bits per heavy atom. The van der Waals surface area contributed by atoms with E-state index in [1.807, 2.05) is 18.7 Å². The topological polar surface area (TPSA) is 37.4 Å². The van der Waals surface area contributed by atoms with Crippen molar-refractivity contribution in [3.8, 4) is 0 Å². The van der Waals surface area contributed by atoms with E-state index in [0.717, 1.165) is 12.8 Å². The summed E-state index contributed by atoms with van der Waals surface area (Å²) in [5.74, 6) is 0.830. The summed E-state index contributed by atoms with van der Waals surface area (Å²) in [6.07, 6.45) is 3.81. The Hall–Kier alpha value is -0.860. The second-order valence-electron chi connectivity index (χ2n) is 5.44. The molecule has 0 unspecified atom stereocenters. The molecule has 3 nitrogen and oxygen atoms in total. The van der Waals surface area contributed by atoms with Crippen molar-refractivity contribution in [3.63, 3.8) is 0 Å². The number of hydrogen-bond acceptors (Lipinski definition) is 2. The molecule has 0 aromatic rings. The average molecular weight is 209 g/mol. The van der Waals surface area contributed by atoms with Gasteiger partial charge < -0.3 is 4.90 Å². The number of likely N-dealkylation sites (tertiary alicyclic amines) is 1. The lowest BCUT2D eigenvalue weighted by molar-refractivity contribution is -0.145. The molecule has 0 atom stereocenters. The van der Waals surface area contributed by atoms with E-state index in [9.17, 15) is 9.59 Å². The predicted octanol–water partition coefficient (Wildman–Crippen LogP) is 1.61. The van der Waals surface area contributed by atoms with Crippen molar-refractivity contribution in [2.24, 2.45) is 11.3 Å². The van der Waals surface area contributed by atoms with Crippen LogP contribution < -0.4 is 0 Å². The van der Waals surface area contributed by atoms with E-state index in [1.165, 1.54) is 6.42 Å². The zero-order chi connectivity index (χ0) is 11.1. The van der Waals surface area contributed by atoms with Gasteiger partial charge in [-0.2, -0.15) is 0 Å². The SMILES string of the molecule is CC1(C)CN(C(=O)C2CCC2)CCC1=O. The summed E-state index contributed by atoms with van der Waals surface area (Å²) in [6.45, 7) is 5.13. The van der Waals surface area contributed by atoms with Gasteiger partial charge in [-0.3, -0.25) is 9.59 Å². The number of hydrogen-bond donors (Lipinski definition) is 0. The van der Waals surface area contributed by atoms with E-state index in [1.54, 1.807) is 0 Å². The largest absolute Gasteiger partial charge is 0.341 e. The zero-order valence-electron chi connectivity index (χ0n) is 9.58. The Balaban J connectivity index is 1.99. The van der Waals surface area contributed by atoms with Gasteiger partial charge in [0.15, 0.2) is 0 Å². The molecule has 0 N–H and O–H groups in total. The first kappa shape index (κ1) is 10.7. The lowest BCUT2D eigenvalue weighted by Crippen LogP contribution is -2.51. The van der Waals surface area contributed by atoms with E-state index >= 15 is 0 Å². The van der Waals surface area contributed by atoms with Crippen LogP contribution in [0.15, 0.2) is 0 Å². The van der Waals surface area contributed by atoms with Crippen LogP contribution in [0.1, 0.15) is 39.5 Å². The molecule has 2 fully saturated rings. The first-order valence-electron chi connectivity index (χ1n) is 5.83. The average Bonchev–Trinajstić information content (AvgIpc) is 2.06. The number of carbonyl (C=O) groups is 2. The molecule has 1 aliphatic carbocycles. The van der Waals surface area contributed by atoms with Gasteiger partial charge in [0.05, 0.1) is 0 Å². The number of amides is 1. The van der Waals surface area contributed by atoms with Gasteiger partial charge in [0, 0.05) is 30.8 Å². The highest BCUT2D eigenvalue weighted by molar-refractivity contribution is 5.88. The summed E-state index contributed by atoms with van der Waals surface area (Å²) in [7, 11) is 0. The van der Waals surface area contributed by atoms with Gasteiger partial charge in [-0.15, -0.1) is 0 Å². The lowest BCUT2D eigenvalue weighted by Gasteiger charge is -2.40. The summed E-state index contributed by atoms with van der Waals surface area (Å²) in [5.41, 5.74) is -0.336. The summed E-state index contributed by atoms with van der Waals surface area (Å²) in [6, 6.07) is 0. The lowest BCUT2D eigenvalue weighted by atomic mass is 9.80. The monoisotopic (exact) mass is 209 g/mol.